The summed E-state index contributed by atoms with van der Waals surface area (Å²) in [7, 11) is 0. The van der Waals surface area contributed by atoms with Gasteiger partial charge in [-0.15, -0.1) is 0 Å². The molecule has 0 heterocycles. The zero-order chi connectivity index (χ0) is 15.1. The van der Waals surface area contributed by atoms with Gasteiger partial charge in [-0.1, -0.05) is 17.3 Å². The summed E-state index contributed by atoms with van der Waals surface area (Å²) in [5.74, 6) is -0.853. The van der Waals surface area contributed by atoms with Crippen molar-refractivity contribution in [1.29, 1.82) is 0 Å². The van der Waals surface area contributed by atoms with Gasteiger partial charge in [0.25, 0.3) is 12.3 Å². The third kappa shape index (κ3) is 4.16. The molecule has 1 rings (SSSR count). The minimum absolute atomic E-state index is 0.114. The Balaban J connectivity index is 2.99. The predicted octanol–water partition coefficient (Wildman–Crippen LogP) is 0.481. The molecule has 0 aromatic heterocycles. The van der Waals surface area contributed by atoms with Crippen LogP contribution in [0.2, 0.25) is 0 Å². The van der Waals surface area contributed by atoms with Gasteiger partial charge >= 0.3 is 0 Å². The zero-order valence-corrected chi connectivity index (χ0v) is 10.5. The minimum atomic E-state index is -2.70. The highest BCUT2D eigenvalue weighted by Gasteiger charge is 2.19. The molecule has 0 bridgehead atoms. The second-order valence-electron chi connectivity index (χ2n) is 3.93. The van der Waals surface area contributed by atoms with E-state index in [0.717, 1.165) is 4.90 Å². The van der Waals surface area contributed by atoms with Gasteiger partial charge in [-0.25, -0.2) is 8.78 Å². The van der Waals surface area contributed by atoms with E-state index in [0.29, 0.717) is 5.56 Å². The molecule has 0 saturated heterocycles. The van der Waals surface area contributed by atoms with Crippen LogP contribution in [0.5, 0.6) is 0 Å². The maximum absolute atomic E-state index is 12.4. The normalized spacial score (nSPS) is 11.7. The van der Waals surface area contributed by atoms with Crippen molar-refractivity contribution < 1.29 is 23.9 Å². The quantitative estimate of drug-likeness (QED) is 0.307. The molecule has 110 valence electrons. The van der Waals surface area contributed by atoms with E-state index in [1.807, 2.05) is 0 Å². The van der Waals surface area contributed by atoms with Crippen molar-refractivity contribution in [2.45, 2.75) is 6.43 Å². The molecule has 0 aliphatic heterocycles. The van der Waals surface area contributed by atoms with E-state index in [1.54, 1.807) is 0 Å². The maximum Gasteiger partial charge on any atom is 0.255 e. The van der Waals surface area contributed by atoms with E-state index in [9.17, 15) is 13.6 Å². The van der Waals surface area contributed by atoms with Crippen LogP contribution in [0.25, 0.3) is 0 Å². The average Bonchev–Trinajstić information content (AvgIpc) is 2.45. The number of carbonyl (C=O) groups excluding carboxylic acids is 1. The number of rotatable bonds is 6. The molecule has 20 heavy (non-hydrogen) atoms. The molecule has 6 nitrogen and oxygen atoms in total. The third-order valence-electron chi connectivity index (χ3n) is 2.53. The van der Waals surface area contributed by atoms with Crippen LogP contribution in [-0.2, 0) is 0 Å². The van der Waals surface area contributed by atoms with Crippen LogP contribution in [-0.4, -0.2) is 53.1 Å². The number of hydrogen-bond acceptors (Lipinski definition) is 4. The first kappa shape index (κ1) is 15.8. The Bertz CT molecular complexity index is 495. The summed E-state index contributed by atoms with van der Waals surface area (Å²) in [4.78, 5) is 12.9. The van der Waals surface area contributed by atoms with Gasteiger partial charge in [-0.2, -0.15) is 0 Å². The molecule has 0 atom stereocenters. The number of halogens is 2. The highest BCUT2D eigenvalue weighted by molar-refractivity contribution is 6.01. The number of aliphatic hydroxyl groups is 1. The van der Waals surface area contributed by atoms with Crippen molar-refractivity contribution in [2.75, 3.05) is 19.7 Å². The van der Waals surface area contributed by atoms with Crippen molar-refractivity contribution in [3.05, 3.63) is 35.4 Å². The Morgan fingerprint density at radius 3 is 2.60 bits per heavy atom. The first-order valence-electron chi connectivity index (χ1n) is 5.75. The molecule has 0 spiro atoms. The largest absolute Gasteiger partial charge is 0.409 e. The lowest BCUT2D eigenvalue weighted by atomic mass is 10.1. The van der Waals surface area contributed by atoms with Gasteiger partial charge < -0.3 is 20.9 Å². The van der Waals surface area contributed by atoms with Gasteiger partial charge in [0.1, 0.15) is 0 Å². The summed E-state index contributed by atoms with van der Waals surface area (Å²) in [6, 6.07) is 5.75. The number of nitrogens with two attached hydrogens (primary N) is 1. The fraction of sp³-hybridized carbons (Fsp3) is 0.333. The predicted molar refractivity (Wildman–Crippen MR) is 67.9 cm³/mol. The Hall–Kier alpha value is -2.22. The van der Waals surface area contributed by atoms with Gasteiger partial charge in [-0.3, -0.25) is 4.79 Å². The van der Waals surface area contributed by atoms with Crippen LogP contribution in [0.4, 0.5) is 8.78 Å². The van der Waals surface area contributed by atoms with Crippen molar-refractivity contribution in [3.8, 4) is 0 Å². The summed E-state index contributed by atoms with van der Waals surface area (Å²) in [5, 5.41) is 20.2. The van der Waals surface area contributed by atoms with Crippen molar-refractivity contribution in [2.24, 2.45) is 10.9 Å². The number of amides is 1. The maximum atomic E-state index is 12.4. The van der Waals surface area contributed by atoms with Gasteiger partial charge in [0, 0.05) is 17.7 Å². The lowest BCUT2D eigenvalue weighted by Crippen LogP contribution is -2.37. The number of aliphatic hydroxyl groups excluding tert-OH is 1. The summed E-state index contributed by atoms with van der Waals surface area (Å²) < 4.78 is 24.8. The summed E-state index contributed by atoms with van der Waals surface area (Å²) >= 11 is 0. The lowest BCUT2D eigenvalue weighted by molar-refractivity contribution is 0.0509. The second kappa shape index (κ2) is 7.39. The van der Waals surface area contributed by atoms with Gasteiger partial charge in [-0.05, 0) is 12.1 Å². The van der Waals surface area contributed by atoms with Gasteiger partial charge in [0.2, 0.25) is 0 Å². The van der Waals surface area contributed by atoms with Gasteiger partial charge in [0.15, 0.2) is 5.84 Å². The Labute approximate surface area is 114 Å². The average molecular weight is 287 g/mol. The number of hydrogen-bond donors (Lipinski definition) is 3. The molecule has 0 radical (unpaired) electrons. The third-order valence-corrected chi connectivity index (χ3v) is 2.53. The molecule has 0 saturated carbocycles. The molecule has 0 fully saturated rings. The number of amidine groups is 1. The fourth-order valence-electron chi connectivity index (χ4n) is 1.61. The van der Waals surface area contributed by atoms with Crippen molar-refractivity contribution in [3.63, 3.8) is 0 Å². The molecule has 0 unspecified atom stereocenters. The van der Waals surface area contributed by atoms with E-state index < -0.39 is 25.5 Å². The highest BCUT2D eigenvalue weighted by atomic mass is 19.3. The SMILES string of the molecule is N/C(=N/O)c1cccc(C(=O)N(CCO)CC(F)F)c1. The van der Waals surface area contributed by atoms with Crippen LogP contribution in [0.15, 0.2) is 29.4 Å². The van der Waals surface area contributed by atoms with Crippen LogP contribution in [0, 0.1) is 0 Å². The number of nitrogens with zero attached hydrogens (tertiary/aromatic N) is 2. The molecular formula is C12H15F2N3O3. The summed E-state index contributed by atoms with van der Waals surface area (Å²) in [6.45, 7) is -1.39. The smallest absolute Gasteiger partial charge is 0.255 e. The number of carbonyl (C=O) groups is 1. The molecule has 4 N–H and O–H groups in total. The van der Waals surface area contributed by atoms with E-state index >= 15 is 0 Å². The van der Waals surface area contributed by atoms with Crippen LogP contribution >= 0.6 is 0 Å². The summed E-state index contributed by atoms with van der Waals surface area (Å²) in [6.07, 6.45) is -2.70. The van der Waals surface area contributed by atoms with Crippen molar-refractivity contribution in [1.82, 2.24) is 4.90 Å². The number of benzene rings is 1. The Morgan fingerprint density at radius 2 is 2.05 bits per heavy atom. The Kier molecular flexibility index (Phi) is 5.85. The van der Waals surface area contributed by atoms with Crippen LogP contribution in [0.3, 0.4) is 0 Å². The second-order valence-corrected chi connectivity index (χ2v) is 3.93. The first-order chi connectivity index (χ1) is 9.49. The van der Waals surface area contributed by atoms with Crippen LogP contribution < -0.4 is 5.73 Å². The van der Waals surface area contributed by atoms with E-state index in [4.69, 9.17) is 16.0 Å². The van der Waals surface area contributed by atoms with E-state index in [-0.39, 0.29) is 17.9 Å². The number of oxime groups is 1. The fourth-order valence-corrected chi connectivity index (χ4v) is 1.61. The minimum Gasteiger partial charge on any atom is -0.409 e. The Morgan fingerprint density at radius 1 is 1.40 bits per heavy atom. The van der Waals surface area contributed by atoms with Crippen LogP contribution in [0.1, 0.15) is 15.9 Å². The topological polar surface area (TPSA) is 99.2 Å². The van der Waals surface area contributed by atoms with Crippen molar-refractivity contribution >= 4 is 11.7 Å². The summed E-state index contributed by atoms with van der Waals surface area (Å²) in [5.41, 5.74) is 5.80. The lowest BCUT2D eigenvalue weighted by Gasteiger charge is -2.21. The molecule has 1 amide bonds. The number of alkyl halides is 2. The zero-order valence-electron chi connectivity index (χ0n) is 10.5. The molecule has 1 aromatic rings. The molecule has 8 heteroatoms. The van der Waals surface area contributed by atoms with Gasteiger partial charge in [0.05, 0.1) is 13.2 Å². The monoisotopic (exact) mass is 287 g/mol. The molecular weight excluding hydrogens is 272 g/mol. The first-order valence-corrected chi connectivity index (χ1v) is 5.75. The van der Waals surface area contributed by atoms with E-state index in [1.165, 1.54) is 24.3 Å². The molecule has 0 aliphatic carbocycles. The molecule has 1 aromatic carbocycles. The van der Waals surface area contributed by atoms with E-state index in [2.05, 4.69) is 5.16 Å². The highest BCUT2D eigenvalue weighted by Crippen LogP contribution is 2.10. The standard InChI is InChI=1S/C12H15F2N3O3/c13-10(14)7-17(4-5-18)12(19)9-3-1-2-8(6-9)11(15)16-20/h1-3,6,10,18,20H,4-5,7H2,(H2,15,16). The molecule has 0 aliphatic rings.